The summed E-state index contributed by atoms with van der Waals surface area (Å²) in [7, 11) is 0. The lowest BCUT2D eigenvalue weighted by Gasteiger charge is -2.18. The van der Waals surface area contributed by atoms with Crippen molar-refractivity contribution in [3.05, 3.63) is 41.7 Å². The van der Waals surface area contributed by atoms with Crippen LogP contribution in [0.3, 0.4) is 0 Å². The maximum Gasteiger partial charge on any atom is 0.233 e. The molecule has 2 N–H and O–H groups in total. The lowest BCUT2D eigenvalue weighted by molar-refractivity contribution is -0.140. The summed E-state index contributed by atoms with van der Waals surface area (Å²) in [6.07, 6.45) is 6.97. The first-order chi connectivity index (χ1) is 13.6. The highest BCUT2D eigenvalue weighted by molar-refractivity contribution is 6.06. The van der Waals surface area contributed by atoms with Gasteiger partial charge in [-0.2, -0.15) is 0 Å². The number of nitrogens with zero attached hydrogens (tertiary/aromatic N) is 3. The molecule has 7 nitrogen and oxygen atoms in total. The number of nitrogens with one attached hydrogen (secondary N) is 2. The molecule has 1 aromatic rings. The molecule has 3 aliphatic rings. The summed E-state index contributed by atoms with van der Waals surface area (Å²) in [5.41, 5.74) is 2.03. The molecular formula is C21H27N5O2. The monoisotopic (exact) mass is 381 g/mol. The van der Waals surface area contributed by atoms with Gasteiger partial charge in [-0.15, -0.1) is 0 Å². The number of aromatic nitrogens is 1. The lowest BCUT2D eigenvalue weighted by atomic mass is 9.85. The van der Waals surface area contributed by atoms with E-state index in [1.54, 1.807) is 6.20 Å². The number of hydrogen-bond donors (Lipinski definition) is 2. The Morgan fingerprint density at radius 3 is 2.57 bits per heavy atom. The molecule has 7 heteroatoms. The first-order valence-corrected chi connectivity index (χ1v) is 10.1. The van der Waals surface area contributed by atoms with E-state index in [-0.39, 0.29) is 35.5 Å². The van der Waals surface area contributed by atoms with Crippen molar-refractivity contribution in [3.63, 3.8) is 0 Å². The average Bonchev–Trinajstić information content (AvgIpc) is 3.36. The Kier molecular flexibility index (Phi) is 5.15. The summed E-state index contributed by atoms with van der Waals surface area (Å²) in [5.74, 6) is 0.913. The van der Waals surface area contributed by atoms with Crippen molar-refractivity contribution in [1.29, 1.82) is 0 Å². The van der Waals surface area contributed by atoms with Crippen molar-refractivity contribution in [2.24, 2.45) is 28.7 Å². The van der Waals surface area contributed by atoms with E-state index >= 15 is 0 Å². The number of hydrogen-bond acceptors (Lipinski definition) is 4. The van der Waals surface area contributed by atoms with Crippen LogP contribution in [-0.4, -0.2) is 47.3 Å². The third-order valence-corrected chi connectivity index (χ3v) is 6.04. The van der Waals surface area contributed by atoms with Crippen molar-refractivity contribution in [1.82, 2.24) is 20.5 Å². The Morgan fingerprint density at radius 2 is 1.93 bits per heavy atom. The van der Waals surface area contributed by atoms with Gasteiger partial charge in [-0.3, -0.25) is 19.5 Å². The zero-order valence-corrected chi connectivity index (χ0v) is 16.4. The summed E-state index contributed by atoms with van der Waals surface area (Å²) in [6.45, 7) is 6.07. The number of aryl methyl sites for hydroxylation is 1. The molecule has 2 aliphatic carbocycles. The molecule has 0 radical (unpaired) electrons. The second-order valence-electron chi connectivity index (χ2n) is 7.72. The van der Waals surface area contributed by atoms with Gasteiger partial charge >= 0.3 is 0 Å². The number of amides is 2. The highest BCUT2D eigenvalue weighted by Crippen LogP contribution is 2.52. The van der Waals surface area contributed by atoms with Gasteiger partial charge < -0.3 is 10.6 Å². The molecular weight excluding hydrogens is 354 g/mol. The number of carbonyl (C=O) groups is 2. The third kappa shape index (κ3) is 3.30. The van der Waals surface area contributed by atoms with E-state index in [1.165, 1.54) is 4.90 Å². The number of carbonyl (C=O) groups excluding carboxylic acids is 2. The van der Waals surface area contributed by atoms with Gasteiger partial charge in [0.05, 0.1) is 24.1 Å². The molecule has 2 bridgehead atoms. The van der Waals surface area contributed by atoms with Gasteiger partial charge in [-0.1, -0.05) is 18.2 Å². The number of allylic oxidation sites excluding steroid dienone is 2. The topological polar surface area (TPSA) is 86.7 Å². The molecule has 148 valence electrons. The first kappa shape index (κ1) is 18.7. The number of fused-ring (bicyclic) bond motifs is 5. The minimum absolute atomic E-state index is 0.000278. The lowest BCUT2D eigenvalue weighted by Crippen LogP contribution is -2.43. The third-order valence-electron chi connectivity index (χ3n) is 6.04. The molecule has 28 heavy (non-hydrogen) atoms. The molecule has 1 saturated heterocycles. The quantitative estimate of drug-likeness (QED) is 0.335. The highest BCUT2D eigenvalue weighted by atomic mass is 16.2. The van der Waals surface area contributed by atoms with Gasteiger partial charge in [-0.05, 0) is 43.7 Å². The number of pyridine rings is 1. The van der Waals surface area contributed by atoms with E-state index in [4.69, 9.17) is 0 Å². The molecule has 0 spiro atoms. The second-order valence-corrected chi connectivity index (χ2v) is 7.72. The van der Waals surface area contributed by atoms with E-state index in [9.17, 15) is 9.59 Å². The van der Waals surface area contributed by atoms with Gasteiger partial charge in [0.2, 0.25) is 11.8 Å². The predicted molar refractivity (Wildman–Crippen MR) is 106 cm³/mol. The average molecular weight is 381 g/mol. The molecule has 4 unspecified atom stereocenters. The second kappa shape index (κ2) is 7.73. The van der Waals surface area contributed by atoms with Crippen LogP contribution >= 0.6 is 0 Å². The Hall–Kier alpha value is -2.70. The first-order valence-electron chi connectivity index (χ1n) is 10.1. The van der Waals surface area contributed by atoms with E-state index < -0.39 is 0 Å². The van der Waals surface area contributed by atoms with Crippen molar-refractivity contribution < 1.29 is 9.59 Å². The number of guanidine groups is 1. The molecule has 4 rings (SSSR count). The van der Waals surface area contributed by atoms with Gasteiger partial charge in [0.1, 0.15) is 0 Å². The van der Waals surface area contributed by atoms with Crippen molar-refractivity contribution in [3.8, 4) is 0 Å². The minimum atomic E-state index is -0.128. The van der Waals surface area contributed by atoms with E-state index in [1.807, 2.05) is 26.0 Å². The Morgan fingerprint density at radius 1 is 1.21 bits per heavy atom. The standard InChI is InChI=1S/C21H27N5O2/c1-3-22-21(25-12-16-13(2)5-4-8-23-16)24-9-10-26-19(27)17-14-6-7-15(11-14)18(17)20(26)28/h4-8,14-15,17-18H,3,9-12H2,1-2H3,(H2,22,24,25). The molecule has 1 aliphatic heterocycles. The zero-order valence-electron chi connectivity index (χ0n) is 16.4. The fourth-order valence-electron chi connectivity index (χ4n) is 4.65. The van der Waals surface area contributed by atoms with Crippen LogP contribution in [0.4, 0.5) is 0 Å². The van der Waals surface area contributed by atoms with Crippen LogP contribution in [-0.2, 0) is 16.1 Å². The summed E-state index contributed by atoms with van der Waals surface area (Å²) < 4.78 is 0. The van der Waals surface area contributed by atoms with E-state index in [0.29, 0.717) is 25.6 Å². The zero-order chi connectivity index (χ0) is 19.7. The van der Waals surface area contributed by atoms with Gasteiger partial charge in [0.15, 0.2) is 5.96 Å². The van der Waals surface area contributed by atoms with Gasteiger partial charge in [0.25, 0.3) is 0 Å². The van der Waals surface area contributed by atoms with Crippen LogP contribution in [0, 0.1) is 30.6 Å². The van der Waals surface area contributed by atoms with Crippen LogP contribution < -0.4 is 10.6 Å². The van der Waals surface area contributed by atoms with Crippen LogP contribution in [0.2, 0.25) is 0 Å². The number of rotatable bonds is 6. The normalized spacial score (nSPS) is 28.2. The van der Waals surface area contributed by atoms with E-state index in [0.717, 1.165) is 24.2 Å². The summed E-state index contributed by atoms with van der Waals surface area (Å²) in [6, 6.07) is 3.93. The highest BCUT2D eigenvalue weighted by Gasteiger charge is 2.58. The number of imide groups is 1. The molecule has 1 saturated carbocycles. The molecule has 2 heterocycles. The Balaban J connectivity index is 1.34. The Labute approximate surface area is 165 Å². The Bertz CT molecular complexity index is 804. The van der Waals surface area contributed by atoms with Crippen LogP contribution in [0.5, 0.6) is 0 Å². The fourth-order valence-corrected chi connectivity index (χ4v) is 4.65. The predicted octanol–water partition coefficient (Wildman–Crippen LogP) is 1.25. The smallest absolute Gasteiger partial charge is 0.233 e. The number of likely N-dealkylation sites (tertiary alicyclic amines) is 1. The molecule has 4 atom stereocenters. The van der Waals surface area contributed by atoms with Crippen molar-refractivity contribution in [2.45, 2.75) is 26.8 Å². The van der Waals surface area contributed by atoms with E-state index in [2.05, 4.69) is 32.8 Å². The molecule has 2 amide bonds. The van der Waals surface area contributed by atoms with Crippen LogP contribution in [0.25, 0.3) is 0 Å². The van der Waals surface area contributed by atoms with Crippen molar-refractivity contribution in [2.75, 3.05) is 19.6 Å². The number of aliphatic imine (C=N–C) groups is 1. The summed E-state index contributed by atoms with van der Waals surface area (Å²) in [5, 5.41) is 6.43. The van der Waals surface area contributed by atoms with Crippen molar-refractivity contribution >= 4 is 17.8 Å². The fraction of sp³-hybridized carbons (Fsp3) is 0.524. The minimum Gasteiger partial charge on any atom is -0.357 e. The maximum absolute atomic E-state index is 12.7. The molecule has 2 fully saturated rings. The SMILES string of the molecule is CCNC(=NCc1ncccc1C)NCCN1C(=O)C2C3C=CC(C3)C2C1=O. The van der Waals surface area contributed by atoms with Crippen LogP contribution in [0.15, 0.2) is 35.5 Å². The van der Waals surface area contributed by atoms with Gasteiger partial charge in [-0.25, -0.2) is 4.99 Å². The summed E-state index contributed by atoms with van der Waals surface area (Å²) >= 11 is 0. The molecule has 1 aromatic heterocycles. The van der Waals surface area contributed by atoms with Crippen LogP contribution in [0.1, 0.15) is 24.6 Å². The van der Waals surface area contributed by atoms with Gasteiger partial charge in [0, 0.05) is 25.8 Å². The largest absolute Gasteiger partial charge is 0.357 e. The summed E-state index contributed by atoms with van der Waals surface area (Å²) in [4.78, 5) is 35.8. The molecule has 0 aromatic carbocycles. The maximum atomic E-state index is 12.7.